The van der Waals surface area contributed by atoms with Crippen molar-refractivity contribution in [3.05, 3.63) is 0 Å². The highest BCUT2D eigenvalue weighted by Crippen LogP contribution is 2.43. The molecule has 0 aromatic rings. The second kappa shape index (κ2) is 38.0. The molecular formula is C73H142O21. The zero-order valence-corrected chi connectivity index (χ0v) is 57.7. The molecule has 21 heteroatoms. The first kappa shape index (κ1) is 105. The fourth-order valence-electron chi connectivity index (χ4n) is 8.82. The van der Waals surface area contributed by atoms with Crippen molar-refractivity contribution < 1.29 is 100 Å². The summed E-state index contributed by atoms with van der Waals surface area (Å²) in [5.74, 6) is -2.79. The molecule has 6 aliphatic rings. The average molecular weight is 1360 g/mol. The van der Waals surface area contributed by atoms with E-state index in [1.165, 1.54) is 7.11 Å². The number of hydrogen-bond donors (Lipinski definition) is 0. The van der Waals surface area contributed by atoms with Crippen LogP contribution in [-0.2, 0) is 100 Å². The first-order valence-electron chi connectivity index (χ1n) is 30.1. The van der Waals surface area contributed by atoms with Gasteiger partial charge in [0, 0.05) is 20.0 Å². The molecule has 5 unspecified atom stereocenters. The lowest BCUT2D eigenvalue weighted by atomic mass is 9.85. The molecule has 5 atom stereocenters. The minimum atomic E-state index is -1.15. The van der Waals surface area contributed by atoms with E-state index in [0.29, 0.717) is 38.7 Å². The normalized spacial score (nSPS) is 24.7. The maximum absolute atomic E-state index is 12.1. The van der Waals surface area contributed by atoms with Crippen molar-refractivity contribution in [3.8, 4) is 0 Å². The van der Waals surface area contributed by atoms with Gasteiger partial charge in [0.2, 0.25) is 5.60 Å². The van der Waals surface area contributed by atoms with Crippen LogP contribution >= 0.6 is 0 Å². The smallest absolute Gasteiger partial charge is 0.351 e. The number of carbonyl (C=O) groups excluding carboxylic acids is 10. The minimum absolute atomic E-state index is 0. The highest BCUT2D eigenvalue weighted by molar-refractivity contribution is 5.87. The average Bonchev–Trinajstić information content (AvgIpc) is 1.62. The third-order valence-electron chi connectivity index (χ3n) is 17.2. The van der Waals surface area contributed by atoms with E-state index in [9.17, 15) is 47.9 Å². The molecule has 0 aliphatic carbocycles. The number of esters is 10. The van der Waals surface area contributed by atoms with Crippen LogP contribution in [-0.4, -0.2) is 131 Å². The minimum Gasteiger partial charge on any atom is -0.465 e. The van der Waals surface area contributed by atoms with E-state index in [1.807, 2.05) is 138 Å². The predicted molar refractivity (Wildman–Crippen MR) is 372 cm³/mol. The molecule has 0 saturated carbocycles. The number of cyclic esters (lactones) is 6. The predicted octanol–water partition coefficient (Wildman–Crippen LogP) is 16.4. The van der Waals surface area contributed by atoms with Crippen molar-refractivity contribution in [3.63, 3.8) is 0 Å². The van der Waals surface area contributed by atoms with Gasteiger partial charge in [0.15, 0.2) is 23.4 Å². The lowest BCUT2D eigenvalue weighted by Gasteiger charge is -2.36. The summed E-state index contributed by atoms with van der Waals surface area (Å²) in [6, 6.07) is 0. The molecule has 94 heavy (non-hydrogen) atoms. The molecule has 0 N–H and O–H groups in total. The highest BCUT2D eigenvalue weighted by atomic mass is 16.6. The standard InChI is InChI=1S/C13H22O5.2C13H22O4.C12H20O4.C8H14O2.C6H10O2.8CH4/c1-6-12(2,3)11(15)17-9-7-10(14)18-13(9,4)8-16-5;1-7-11(2,3)9(14)17-13(6)8-12(4,5)16-10(13)15;1-7-11(2,3)10(15)17-13(6)8-9(14)16-12(13,4)5;1-6-11(2,3)10(14)15-8-7-9(13)16-12(8,4)5;1-7(2)5-8(3,4)10-6(7)9;1-6(2)3-4-8-5(6)7;;;;;;;;/h9H,6-8H2,1-5H3;2*7-8H2,1-6H3;8H,6-7H2,1-5H3;5H2,1-4H3;3-4H2,1-2H3;8*1H4. The molecule has 21 nitrogen and oxygen atoms in total. The summed E-state index contributed by atoms with van der Waals surface area (Å²) in [5, 5.41) is 0. The second-order valence-electron chi connectivity index (χ2n) is 30.2. The van der Waals surface area contributed by atoms with Crippen molar-refractivity contribution in [2.75, 3.05) is 20.3 Å². The molecule has 0 aromatic heterocycles. The Morgan fingerprint density at radius 1 is 0.447 bits per heavy atom. The van der Waals surface area contributed by atoms with E-state index in [-0.39, 0.29) is 155 Å². The number of hydrogen-bond acceptors (Lipinski definition) is 21. The van der Waals surface area contributed by atoms with Crippen molar-refractivity contribution in [1.82, 2.24) is 0 Å². The molecule has 0 spiro atoms. The first-order valence-corrected chi connectivity index (χ1v) is 30.1. The van der Waals surface area contributed by atoms with Crippen LogP contribution in [0.15, 0.2) is 0 Å². The van der Waals surface area contributed by atoms with Gasteiger partial charge in [-0.15, -0.1) is 0 Å². The van der Waals surface area contributed by atoms with Crippen LogP contribution in [0.25, 0.3) is 0 Å². The molecule has 6 saturated heterocycles. The SMILES string of the molecule is C.C.C.C.C.C.C.C.CC1(C)CC(C)(C)C(=O)O1.CC1(C)CCOC1=O.CCC(C)(C)C(=O)OC1(C)CC(=O)OC1(C)C.CCC(C)(C)C(=O)OC1(C)CC(C)(C)OC1=O.CCC(C)(C)C(=O)OC1CC(=O)OC1(C)C.CCC(C)(C)C(=O)OC1CC(=O)OC1(C)COC. The zero-order valence-electron chi connectivity index (χ0n) is 57.7. The monoisotopic (exact) mass is 1360 g/mol. The summed E-state index contributed by atoms with van der Waals surface area (Å²) in [6.45, 7) is 50.4. The fourth-order valence-corrected chi connectivity index (χ4v) is 8.82. The van der Waals surface area contributed by atoms with Gasteiger partial charge in [-0.2, -0.15) is 0 Å². The van der Waals surface area contributed by atoms with Gasteiger partial charge >= 0.3 is 59.7 Å². The molecular weight excluding hydrogens is 1210 g/mol. The Labute approximate surface area is 572 Å². The summed E-state index contributed by atoms with van der Waals surface area (Å²) >= 11 is 0. The lowest BCUT2D eigenvalue weighted by molar-refractivity contribution is -0.184. The topological polar surface area (TPSA) is 272 Å². The van der Waals surface area contributed by atoms with Gasteiger partial charge in [-0.1, -0.05) is 87.1 Å². The fraction of sp³-hybridized carbons (Fsp3) is 0.863. The Balaban J connectivity index is -0.000000157. The number of rotatable bonds is 14. The van der Waals surface area contributed by atoms with Crippen molar-refractivity contribution >= 4 is 59.7 Å². The van der Waals surface area contributed by atoms with Crippen molar-refractivity contribution in [2.45, 2.75) is 362 Å². The quantitative estimate of drug-likeness (QED) is 0.115. The van der Waals surface area contributed by atoms with Gasteiger partial charge in [-0.3, -0.25) is 43.2 Å². The number of ether oxygens (including phenoxy) is 11. The number of methoxy groups -OCH3 is 1. The van der Waals surface area contributed by atoms with Gasteiger partial charge in [0.05, 0.1) is 65.0 Å². The van der Waals surface area contributed by atoms with E-state index in [2.05, 4.69) is 0 Å². The lowest BCUT2D eigenvalue weighted by Crippen LogP contribution is -2.49. The summed E-state index contributed by atoms with van der Waals surface area (Å²) in [5.41, 5.74) is -7.87. The molecule has 6 aliphatic heterocycles. The van der Waals surface area contributed by atoms with Crippen LogP contribution in [0.5, 0.6) is 0 Å². The van der Waals surface area contributed by atoms with Gasteiger partial charge in [0.1, 0.15) is 22.4 Å². The van der Waals surface area contributed by atoms with Crippen molar-refractivity contribution in [1.29, 1.82) is 0 Å². The second-order valence-corrected chi connectivity index (χ2v) is 30.2. The Bertz CT molecular complexity index is 2460. The van der Waals surface area contributed by atoms with Crippen molar-refractivity contribution in [2.24, 2.45) is 32.5 Å². The maximum atomic E-state index is 12.1. The summed E-state index contributed by atoms with van der Waals surface area (Å²) in [4.78, 5) is 115. The van der Waals surface area contributed by atoms with Gasteiger partial charge in [-0.25, -0.2) is 4.79 Å². The molecule has 560 valence electrons. The molecule has 0 bridgehead atoms. The highest BCUT2D eigenvalue weighted by Gasteiger charge is 2.57. The largest absolute Gasteiger partial charge is 0.465 e. The third-order valence-corrected chi connectivity index (χ3v) is 17.2. The van der Waals surface area contributed by atoms with Crippen LogP contribution in [0.1, 0.15) is 311 Å². The van der Waals surface area contributed by atoms with Gasteiger partial charge in [0.25, 0.3) is 0 Å². The summed E-state index contributed by atoms with van der Waals surface area (Å²) in [7, 11) is 1.52. The molecule has 6 rings (SSSR count). The van der Waals surface area contributed by atoms with E-state index in [1.54, 1.807) is 48.5 Å². The third kappa shape index (κ3) is 28.8. The molecule has 0 amide bonds. The molecule has 0 aromatic carbocycles. The Morgan fingerprint density at radius 3 is 1.10 bits per heavy atom. The van der Waals surface area contributed by atoms with Gasteiger partial charge in [-0.05, 0) is 191 Å². The zero-order chi connectivity index (χ0) is 67.7. The van der Waals surface area contributed by atoms with E-state index >= 15 is 0 Å². The Morgan fingerprint density at radius 2 is 0.819 bits per heavy atom. The van der Waals surface area contributed by atoms with E-state index < -0.39 is 73.4 Å². The van der Waals surface area contributed by atoms with Crippen LogP contribution in [0.4, 0.5) is 0 Å². The van der Waals surface area contributed by atoms with Crippen LogP contribution in [0.3, 0.4) is 0 Å². The van der Waals surface area contributed by atoms with E-state index in [4.69, 9.17) is 52.1 Å². The van der Waals surface area contributed by atoms with Crippen LogP contribution in [0, 0.1) is 32.5 Å². The maximum Gasteiger partial charge on any atom is 0.351 e. The van der Waals surface area contributed by atoms with Crippen LogP contribution < -0.4 is 0 Å². The van der Waals surface area contributed by atoms with Gasteiger partial charge < -0.3 is 52.1 Å². The number of carbonyl (C=O) groups is 10. The summed E-state index contributed by atoms with van der Waals surface area (Å²) < 4.78 is 57.3. The Kier molecular flexibility index (Phi) is 42.3. The van der Waals surface area contributed by atoms with E-state index in [0.717, 1.165) is 12.8 Å². The molecule has 6 heterocycles. The van der Waals surface area contributed by atoms with Crippen LogP contribution in [0.2, 0.25) is 0 Å². The molecule has 6 fully saturated rings. The molecule has 0 radical (unpaired) electrons. The Hall–Kier alpha value is -5.34. The summed E-state index contributed by atoms with van der Waals surface area (Å²) in [6.07, 6.45) is 4.12. The first-order chi connectivity index (χ1) is 38.5.